The lowest BCUT2D eigenvalue weighted by atomic mass is 10.2. The molecule has 1 aromatic rings. The van der Waals surface area contributed by atoms with E-state index in [1.54, 1.807) is 6.20 Å². The van der Waals surface area contributed by atoms with Gasteiger partial charge in [0, 0.05) is 32.4 Å². The van der Waals surface area contributed by atoms with Crippen LogP contribution < -0.4 is 4.90 Å². The number of carbonyl (C=O) groups is 1. The van der Waals surface area contributed by atoms with Gasteiger partial charge in [-0.25, -0.2) is 4.98 Å². The summed E-state index contributed by atoms with van der Waals surface area (Å²) < 4.78 is 11.2. The number of amides is 1. The van der Waals surface area contributed by atoms with Crippen LogP contribution in [-0.4, -0.2) is 66.9 Å². The predicted octanol–water partition coefficient (Wildman–Crippen LogP) is 1.56. The molecule has 2 aliphatic heterocycles. The number of pyridine rings is 1. The minimum absolute atomic E-state index is 0.0305. The molecule has 2 saturated heterocycles. The van der Waals surface area contributed by atoms with Crippen LogP contribution in [0.2, 0.25) is 0 Å². The zero-order valence-corrected chi connectivity index (χ0v) is 14.1. The van der Waals surface area contributed by atoms with E-state index in [0.717, 1.165) is 18.9 Å². The Labute approximate surface area is 137 Å². The normalized spacial score (nSPS) is 28.7. The number of rotatable bonds is 2. The average Bonchev–Trinajstić information content (AvgIpc) is 2.53. The van der Waals surface area contributed by atoms with Crippen LogP contribution in [0, 0.1) is 0 Å². The molecule has 0 spiro atoms. The van der Waals surface area contributed by atoms with Crippen LogP contribution in [0.25, 0.3) is 0 Å². The van der Waals surface area contributed by atoms with E-state index in [9.17, 15) is 4.79 Å². The van der Waals surface area contributed by atoms with E-state index in [1.807, 2.05) is 24.0 Å². The van der Waals surface area contributed by atoms with Gasteiger partial charge in [0.25, 0.3) is 5.91 Å². The first-order valence-corrected chi connectivity index (χ1v) is 8.30. The van der Waals surface area contributed by atoms with E-state index in [1.165, 1.54) is 0 Å². The lowest BCUT2D eigenvalue weighted by molar-refractivity contribution is -0.0124. The van der Waals surface area contributed by atoms with Crippen LogP contribution in [0.1, 0.15) is 31.1 Å². The van der Waals surface area contributed by atoms with Crippen LogP contribution in [-0.2, 0) is 9.47 Å². The van der Waals surface area contributed by atoms with Crippen molar-refractivity contribution in [3.8, 4) is 0 Å². The highest BCUT2D eigenvalue weighted by molar-refractivity contribution is 5.94. The van der Waals surface area contributed by atoms with Crippen molar-refractivity contribution in [3.63, 3.8) is 0 Å². The maximum atomic E-state index is 12.5. The van der Waals surface area contributed by atoms with Crippen molar-refractivity contribution < 1.29 is 14.3 Å². The summed E-state index contributed by atoms with van der Waals surface area (Å²) in [4.78, 5) is 21.1. The van der Waals surface area contributed by atoms with E-state index < -0.39 is 0 Å². The fraction of sp³-hybridized carbons (Fsp3) is 0.647. The first kappa shape index (κ1) is 16.2. The number of hydrogen-bond donors (Lipinski definition) is 0. The highest BCUT2D eigenvalue weighted by Gasteiger charge is 2.25. The molecule has 0 unspecified atom stereocenters. The summed E-state index contributed by atoms with van der Waals surface area (Å²) in [6.07, 6.45) is 2.16. The lowest BCUT2D eigenvalue weighted by Gasteiger charge is -2.36. The standard InChI is InChI=1S/C17H25N3O3/c1-12-9-19(6-7-22-12)17(21)15-4-5-16(18-8-15)20-10-13(2)23-14(3)11-20/h4-5,8,12-14H,6-7,9-11H2,1-3H3/t12-,13-,14-/m1/s1. The van der Waals surface area contributed by atoms with Gasteiger partial charge in [-0.2, -0.15) is 0 Å². The number of hydrogen-bond acceptors (Lipinski definition) is 5. The fourth-order valence-corrected chi connectivity index (χ4v) is 3.25. The molecule has 0 saturated carbocycles. The second-order valence-corrected chi connectivity index (χ2v) is 6.50. The molecule has 3 rings (SSSR count). The summed E-state index contributed by atoms with van der Waals surface area (Å²) in [5, 5.41) is 0. The van der Waals surface area contributed by atoms with E-state index in [-0.39, 0.29) is 24.2 Å². The van der Waals surface area contributed by atoms with Gasteiger partial charge in [0.1, 0.15) is 5.82 Å². The molecule has 0 radical (unpaired) electrons. The third kappa shape index (κ3) is 3.82. The minimum Gasteiger partial charge on any atom is -0.375 e. The van der Waals surface area contributed by atoms with E-state index in [0.29, 0.717) is 25.3 Å². The Balaban J connectivity index is 1.68. The zero-order valence-electron chi connectivity index (χ0n) is 14.1. The van der Waals surface area contributed by atoms with Crippen LogP contribution in [0.3, 0.4) is 0 Å². The first-order valence-electron chi connectivity index (χ1n) is 8.30. The highest BCUT2D eigenvalue weighted by atomic mass is 16.5. The van der Waals surface area contributed by atoms with Gasteiger partial charge in [-0.1, -0.05) is 0 Å². The molecule has 6 heteroatoms. The molecule has 23 heavy (non-hydrogen) atoms. The number of nitrogens with zero attached hydrogens (tertiary/aromatic N) is 3. The van der Waals surface area contributed by atoms with Gasteiger partial charge in [-0.3, -0.25) is 4.79 Å². The number of aromatic nitrogens is 1. The van der Waals surface area contributed by atoms with Crippen LogP contribution in [0.15, 0.2) is 18.3 Å². The van der Waals surface area contributed by atoms with Crippen LogP contribution in [0.4, 0.5) is 5.82 Å². The molecular formula is C17H25N3O3. The summed E-state index contributed by atoms with van der Waals surface area (Å²) in [6.45, 7) is 9.66. The maximum Gasteiger partial charge on any atom is 0.255 e. The molecule has 6 nitrogen and oxygen atoms in total. The van der Waals surface area contributed by atoms with Crippen LogP contribution in [0.5, 0.6) is 0 Å². The largest absolute Gasteiger partial charge is 0.375 e. The Bertz CT molecular complexity index is 539. The Morgan fingerprint density at radius 1 is 1.13 bits per heavy atom. The smallest absolute Gasteiger partial charge is 0.255 e. The summed E-state index contributed by atoms with van der Waals surface area (Å²) in [7, 11) is 0. The summed E-state index contributed by atoms with van der Waals surface area (Å²) in [6, 6.07) is 3.80. The SMILES string of the molecule is C[C@@H]1CN(C(=O)c2ccc(N3C[C@@H](C)O[C@H](C)C3)nc2)CCO1. The van der Waals surface area contributed by atoms with Crippen molar-refractivity contribution in [1.29, 1.82) is 0 Å². The molecule has 3 heterocycles. The molecule has 126 valence electrons. The zero-order chi connectivity index (χ0) is 16.4. The molecule has 3 atom stereocenters. The van der Waals surface area contributed by atoms with Gasteiger partial charge in [0.2, 0.25) is 0 Å². The van der Waals surface area contributed by atoms with Crippen molar-refractivity contribution in [1.82, 2.24) is 9.88 Å². The molecule has 0 bridgehead atoms. The Hall–Kier alpha value is -1.66. The molecule has 2 fully saturated rings. The predicted molar refractivity (Wildman–Crippen MR) is 87.8 cm³/mol. The van der Waals surface area contributed by atoms with Crippen molar-refractivity contribution in [2.75, 3.05) is 37.7 Å². The minimum atomic E-state index is 0.0305. The van der Waals surface area contributed by atoms with Crippen molar-refractivity contribution in [2.45, 2.75) is 39.1 Å². The molecule has 0 aromatic carbocycles. The van der Waals surface area contributed by atoms with Crippen molar-refractivity contribution >= 4 is 11.7 Å². The van der Waals surface area contributed by atoms with E-state index in [4.69, 9.17) is 9.47 Å². The van der Waals surface area contributed by atoms with Crippen molar-refractivity contribution in [3.05, 3.63) is 23.9 Å². The Kier molecular flexibility index (Phi) is 4.82. The van der Waals surface area contributed by atoms with Gasteiger partial charge in [-0.05, 0) is 32.9 Å². The molecule has 2 aliphatic rings. The van der Waals surface area contributed by atoms with Gasteiger partial charge < -0.3 is 19.3 Å². The number of ether oxygens (including phenoxy) is 2. The number of anilines is 1. The first-order chi connectivity index (χ1) is 11.0. The Morgan fingerprint density at radius 3 is 2.48 bits per heavy atom. The quantitative estimate of drug-likeness (QED) is 0.828. The van der Waals surface area contributed by atoms with E-state index in [2.05, 4.69) is 23.7 Å². The third-order valence-electron chi connectivity index (χ3n) is 4.27. The maximum absolute atomic E-state index is 12.5. The monoisotopic (exact) mass is 319 g/mol. The van der Waals surface area contributed by atoms with Crippen molar-refractivity contribution in [2.24, 2.45) is 0 Å². The third-order valence-corrected chi connectivity index (χ3v) is 4.27. The highest BCUT2D eigenvalue weighted by Crippen LogP contribution is 2.19. The lowest BCUT2D eigenvalue weighted by Crippen LogP contribution is -2.46. The number of morpholine rings is 2. The molecule has 0 aliphatic carbocycles. The van der Waals surface area contributed by atoms with Crippen LogP contribution >= 0.6 is 0 Å². The number of carbonyl (C=O) groups excluding carboxylic acids is 1. The fourth-order valence-electron chi connectivity index (χ4n) is 3.25. The van der Waals surface area contributed by atoms with E-state index >= 15 is 0 Å². The summed E-state index contributed by atoms with van der Waals surface area (Å²) >= 11 is 0. The second kappa shape index (κ2) is 6.84. The molecule has 1 aromatic heterocycles. The summed E-state index contributed by atoms with van der Waals surface area (Å²) in [5.41, 5.74) is 0.636. The summed E-state index contributed by atoms with van der Waals surface area (Å²) in [5.74, 6) is 0.932. The van der Waals surface area contributed by atoms with Gasteiger partial charge in [-0.15, -0.1) is 0 Å². The molecular weight excluding hydrogens is 294 g/mol. The molecule has 0 N–H and O–H groups in total. The van der Waals surface area contributed by atoms with Gasteiger partial charge in [0.15, 0.2) is 0 Å². The second-order valence-electron chi connectivity index (χ2n) is 6.50. The average molecular weight is 319 g/mol. The van der Waals surface area contributed by atoms with Gasteiger partial charge >= 0.3 is 0 Å². The van der Waals surface area contributed by atoms with Gasteiger partial charge in [0.05, 0.1) is 30.5 Å². The molecule has 1 amide bonds. The topological polar surface area (TPSA) is 54.9 Å². The Morgan fingerprint density at radius 2 is 1.87 bits per heavy atom.